The molecule has 1 saturated carbocycles. The maximum Gasteiger partial charge on any atom is 0.306 e. The molecule has 0 spiro atoms. The van der Waals surface area contributed by atoms with Crippen LogP contribution < -0.4 is 0 Å². The molecule has 4 heteroatoms. The molecule has 1 aliphatic rings. The number of hydrogen-bond acceptors (Lipinski definition) is 3. The van der Waals surface area contributed by atoms with Crippen molar-refractivity contribution in [3.63, 3.8) is 0 Å². The van der Waals surface area contributed by atoms with Crippen molar-refractivity contribution in [3.05, 3.63) is 0 Å². The zero-order valence-electron chi connectivity index (χ0n) is 8.39. The minimum absolute atomic E-state index is 0.0908. The molecule has 0 amide bonds. The monoisotopic (exact) mass is 202 g/mol. The standard InChI is InChI=1S/C10H18O4/c1-6(9(11)12)7-3-2-4-8(5-7)10(13)14/h6-8,10,13-14H,2-5H2,1H3,(H,11,12). The third-order valence-electron chi connectivity index (χ3n) is 3.27. The molecule has 0 aliphatic heterocycles. The SMILES string of the molecule is CC(C(=O)O)C1CCCC(C(O)O)C1. The lowest BCUT2D eigenvalue weighted by Crippen LogP contribution is -2.31. The Bertz CT molecular complexity index is 202. The molecule has 0 bridgehead atoms. The maximum absolute atomic E-state index is 10.8. The van der Waals surface area contributed by atoms with E-state index in [0.717, 1.165) is 19.3 Å². The molecule has 4 nitrogen and oxygen atoms in total. The number of aliphatic hydroxyl groups is 2. The molecule has 0 heterocycles. The van der Waals surface area contributed by atoms with Gasteiger partial charge >= 0.3 is 5.97 Å². The van der Waals surface area contributed by atoms with E-state index in [0.29, 0.717) is 6.42 Å². The largest absolute Gasteiger partial charge is 0.481 e. The van der Waals surface area contributed by atoms with E-state index in [9.17, 15) is 4.79 Å². The van der Waals surface area contributed by atoms with Crippen LogP contribution in [0.25, 0.3) is 0 Å². The first-order valence-corrected chi connectivity index (χ1v) is 5.11. The highest BCUT2D eigenvalue weighted by atomic mass is 16.5. The van der Waals surface area contributed by atoms with Gasteiger partial charge in [-0.2, -0.15) is 0 Å². The lowest BCUT2D eigenvalue weighted by atomic mass is 9.75. The fourth-order valence-electron chi connectivity index (χ4n) is 2.19. The van der Waals surface area contributed by atoms with E-state index >= 15 is 0 Å². The summed E-state index contributed by atoms with van der Waals surface area (Å²) >= 11 is 0. The van der Waals surface area contributed by atoms with Crippen LogP contribution in [0.2, 0.25) is 0 Å². The van der Waals surface area contributed by atoms with Gasteiger partial charge in [0.05, 0.1) is 5.92 Å². The molecule has 1 aliphatic carbocycles. The molecule has 3 atom stereocenters. The van der Waals surface area contributed by atoms with Gasteiger partial charge in [0.1, 0.15) is 0 Å². The molecule has 1 rings (SSSR count). The summed E-state index contributed by atoms with van der Waals surface area (Å²) < 4.78 is 0. The Morgan fingerprint density at radius 3 is 2.36 bits per heavy atom. The number of carboxylic acids is 1. The van der Waals surface area contributed by atoms with Gasteiger partial charge in [0.25, 0.3) is 0 Å². The van der Waals surface area contributed by atoms with E-state index in [2.05, 4.69) is 0 Å². The average molecular weight is 202 g/mol. The molecule has 1 fully saturated rings. The molecule has 0 aromatic heterocycles. The van der Waals surface area contributed by atoms with Gasteiger partial charge in [0.2, 0.25) is 0 Å². The lowest BCUT2D eigenvalue weighted by Gasteiger charge is -2.32. The molecule has 0 aromatic carbocycles. The van der Waals surface area contributed by atoms with Gasteiger partial charge < -0.3 is 15.3 Å². The minimum Gasteiger partial charge on any atom is -0.481 e. The average Bonchev–Trinajstić information content (AvgIpc) is 2.16. The highest BCUT2D eigenvalue weighted by molar-refractivity contribution is 5.69. The van der Waals surface area contributed by atoms with Crippen LogP contribution in [0.4, 0.5) is 0 Å². The van der Waals surface area contributed by atoms with E-state index in [1.54, 1.807) is 6.92 Å². The van der Waals surface area contributed by atoms with E-state index in [1.807, 2.05) is 0 Å². The molecular formula is C10H18O4. The van der Waals surface area contributed by atoms with Crippen molar-refractivity contribution in [2.24, 2.45) is 17.8 Å². The van der Waals surface area contributed by atoms with Crippen LogP contribution in [0.1, 0.15) is 32.6 Å². The van der Waals surface area contributed by atoms with E-state index in [4.69, 9.17) is 15.3 Å². The predicted molar refractivity (Wildman–Crippen MR) is 50.5 cm³/mol. The quantitative estimate of drug-likeness (QED) is 0.592. The Kier molecular flexibility index (Phi) is 3.89. The van der Waals surface area contributed by atoms with E-state index < -0.39 is 12.3 Å². The van der Waals surface area contributed by atoms with Gasteiger partial charge in [0.15, 0.2) is 6.29 Å². The minimum atomic E-state index is -1.29. The summed E-state index contributed by atoms with van der Waals surface area (Å²) in [7, 11) is 0. The Balaban J connectivity index is 2.51. The smallest absolute Gasteiger partial charge is 0.306 e. The summed E-state index contributed by atoms with van der Waals surface area (Å²) in [4.78, 5) is 10.8. The normalized spacial score (nSPS) is 30.3. The van der Waals surface area contributed by atoms with Crippen LogP contribution in [-0.4, -0.2) is 27.6 Å². The van der Waals surface area contributed by atoms with Crippen molar-refractivity contribution in [2.75, 3.05) is 0 Å². The summed E-state index contributed by atoms with van der Waals surface area (Å²) in [6, 6.07) is 0. The van der Waals surface area contributed by atoms with Crippen molar-refractivity contribution < 1.29 is 20.1 Å². The molecule has 14 heavy (non-hydrogen) atoms. The fraction of sp³-hybridized carbons (Fsp3) is 0.900. The second-order valence-electron chi connectivity index (χ2n) is 4.23. The van der Waals surface area contributed by atoms with Crippen molar-refractivity contribution in [1.82, 2.24) is 0 Å². The first-order valence-electron chi connectivity index (χ1n) is 5.11. The second-order valence-corrected chi connectivity index (χ2v) is 4.23. The van der Waals surface area contributed by atoms with Crippen LogP contribution in [0.3, 0.4) is 0 Å². The lowest BCUT2D eigenvalue weighted by molar-refractivity contribution is -0.145. The van der Waals surface area contributed by atoms with Crippen LogP contribution in [0.15, 0.2) is 0 Å². The number of aliphatic carboxylic acids is 1. The van der Waals surface area contributed by atoms with Crippen LogP contribution in [0.5, 0.6) is 0 Å². The molecule has 3 N–H and O–H groups in total. The summed E-state index contributed by atoms with van der Waals surface area (Å²) in [5.41, 5.74) is 0. The van der Waals surface area contributed by atoms with Crippen LogP contribution in [-0.2, 0) is 4.79 Å². The third-order valence-corrected chi connectivity index (χ3v) is 3.27. The third kappa shape index (κ3) is 2.69. The Morgan fingerprint density at radius 1 is 1.29 bits per heavy atom. The molecule has 0 saturated heterocycles. The maximum atomic E-state index is 10.8. The first kappa shape index (κ1) is 11.5. The number of carbonyl (C=O) groups is 1. The van der Waals surface area contributed by atoms with E-state index in [1.165, 1.54) is 0 Å². The molecule has 3 unspecified atom stereocenters. The predicted octanol–water partition coefficient (Wildman–Crippen LogP) is 0.824. The van der Waals surface area contributed by atoms with E-state index in [-0.39, 0.29) is 17.8 Å². The summed E-state index contributed by atoms with van der Waals surface area (Å²) in [6.45, 7) is 1.69. The van der Waals surface area contributed by atoms with Gasteiger partial charge in [0, 0.05) is 5.92 Å². The van der Waals surface area contributed by atoms with Crippen molar-refractivity contribution in [1.29, 1.82) is 0 Å². The Hall–Kier alpha value is -0.610. The summed E-state index contributed by atoms with van der Waals surface area (Å²) in [5, 5.41) is 26.9. The fourth-order valence-corrected chi connectivity index (χ4v) is 2.19. The second kappa shape index (κ2) is 4.75. The number of carboxylic acid groups (broad SMARTS) is 1. The number of aliphatic hydroxyl groups excluding tert-OH is 1. The number of rotatable bonds is 3. The van der Waals surface area contributed by atoms with Crippen molar-refractivity contribution in [2.45, 2.75) is 38.9 Å². The van der Waals surface area contributed by atoms with Gasteiger partial charge in [-0.1, -0.05) is 13.3 Å². The van der Waals surface area contributed by atoms with Gasteiger partial charge in [-0.3, -0.25) is 4.79 Å². The summed E-state index contributed by atoms with van der Waals surface area (Å²) in [6.07, 6.45) is 1.89. The topological polar surface area (TPSA) is 77.8 Å². The van der Waals surface area contributed by atoms with Crippen molar-refractivity contribution in [3.8, 4) is 0 Å². The Morgan fingerprint density at radius 2 is 1.86 bits per heavy atom. The van der Waals surface area contributed by atoms with Gasteiger partial charge in [-0.05, 0) is 25.2 Å². The Labute approximate surface area is 83.6 Å². The molecule has 0 radical (unpaired) electrons. The highest BCUT2D eigenvalue weighted by Crippen LogP contribution is 2.34. The first-order chi connectivity index (χ1) is 6.52. The number of hydrogen-bond donors (Lipinski definition) is 3. The van der Waals surface area contributed by atoms with Gasteiger partial charge in [-0.25, -0.2) is 0 Å². The van der Waals surface area contributed by atoms with Crippen molar-refractivity contribution >= 4 is 5.97 Å². The summed E-state index contributed by atoms with van der Waals surface area (Å²) in [5.74, 6) is -1.22. The molecule has 0 aromatic rings. The van der Waals surface area contributed by atoms with Crippen LogP contribution >= 0.6 is 0 Å². The highest BCUT2D eigenvalue weighted by Gasteiger charge is 2.31. The van der Waals surface area contributed by atoms with Crippen LogP contribution in [0, 0.1) is 17.8 Å². The zero-order valence-corrected chi connectivity index (χ0v) is 8.39. The van der Waals surface area contributed by atoms with Gasteiger partial charge in [-0.15, -0.1) is 0 Å². The molecule has 82 valence electrons. The molecular weight excluding hydrogens is 184 g/mol. The zero-order chi connectivity index (χ0) is 10.7.